The van der Waals surface area contributed by atoms with Crippen molar-refractivity contribution in [2.24, 2.45) is 5.92 Å². The molecule has 1 aliphatic rings. The summed E-state index contributed by atoms with van der Waals surface area (Å²) >= 11 is 5.20. The number of thiocarbonyl (C=S) groups is 1. The van der Waals surface area contributed by atoms with Gasteiger partial charge in [0.2, 0.25) is 5.91 Å². The molecule has 6 heteroatoms. The first-order valence-electron chi connectivity index (χ1n) is 8.46. The van der Waals surface area contributed by atoms with Crippen LogP contribution in [0.1, 0.15) is 49.9 Å². The van der Waals surface area contributed by atoms with E-state index in [2.05, 4.69) is 10.6 Å². The topological polar surface area (TPSA) is 61.4 Å². The molecule has 0 aliphatic carbocycles. The third-order valence-corrected chi connectivity index (χ3v) is 4.10. The van der Waals surface area contributed by atoms with Gasteiger partial charge < -0.3 is 15.5 Å². The lowest BCUT2D eigenvalue weighted by molar-refractivity contribution is -0.120. The number of piperidine rings is 1. The van der Waals surface area contributed by atoms with Crippen molar-refractivity contribution in [1.82, 2.24) is 10.2 Å². The van der Waals surface area contributed by atoms with Gasteiger partial charge in [0.15, 0.2) is 5.11 Å². The van der Waals surface area contributed by atoms with Crippen molar-refractivity contribution in [2.45, 2.75) is 39.5 Å². The van der Waals surface area contributed by atoms with Gasteiger partial charge in [0.05, 0.1) is 11.3 Å². The Balaban J connectivity index is 2.04. The lowest BCUT2D eigenvalue weighted by Crippen LogP contribution is -2.37. The number of carbonyl (C=O) groups is 2. The van der Waals surface area contributed by atoms with Gasteiger partial charge in [-0.15, -0.1) is 0 Å². The Morgan fingerprint density at radius 2 is 1.83 bits per heavy atom. The number of para-hydroxylation sites is 1. The van der Waals surface area contributed by atoms with Crippen molar-refractivity contribution in [2.75, 3.05) is 18.4 Å². The Labute approximate surface area is 148 Å². The van der Waals surface area contributed by atoms with E-state index in [1.54, 1.807) is 12.1 Å². The zero-order chi connectivity index (χ0) is 17.5. The van der Waals surface area contributed by atoms with Crippen LogP contribution in [0, 0.1) is 5.92 Å². The Hall–Kier alpha value is -1.95. The average Bonchev–Trinajstić information content (AvgIpc) is 2.54. The summed E-state index contributed by atoms with van der Waals surface area (Å²) < 4.78 is 0. The molecule has 0 bridgehead atoms. The first kappa shape index (κ1) is 18.4. The lowest BCUT2D eigenvalue weighted by atomic mass is 10.1. The van der Waals surface area contributed by atoms with Crippen LogP contribution >= 0.6 is 12.2 Å². The molecule has 0 saturated carbocycles. The van der Waals surface area contributed by atoms with Gasteiger partial charge in [0, 0.05) is 19.5 Å². The van der Waals surface area contributed by atoms with E-state index < -0.39 is 0 Å². The Bertz CT molecular complexity index is 610. The molecule has 2 N–H and O–H groups in total. The maximum absolute atomic E-state index is 12.7. The molecule has 1 heterocycles. The average molecular weight is 347 g/mol. The van der Waals surface area contributed by atoms with Crippen LogP contribution in [0.3, 0.4) is 0 Å². The molecule has 0 radical (unpaired) electrons. The molecule has 1 aliphatic heterocycles. The minimum Gasteiger partial charge on any atom is -0.339 e. The van der Waals surface area contributed by atoms with Crippen LogP contribution < -0.4 is 10.6 Å². The number of anilines is 1. The van der Waals surface area contributed by atoms with Crippen LogP contribution in [0.2, 0.25) is 0 Å². The van der Waals surface area contributed by atoms with E-state index in [0.29, 0.717) is 17.7 Å². The second-order valence-corrected chi connectivity index (χ2v) is 6.91. The molecule has 5 nitrogen and oxygen atoms in total. The zero-order valence-corrected chi connectivity index (χ0v) is 15.1. The largest absolute Gasteiger partial charge is 0.339 e. The van der Waals surface area contributed by atoms with E-state index >= 15 is 0 Å². The van der Waals surface area contributed by atoms with E-state index in [0.717, 1.165) is 25.9 Å². The maximum atomic E-state index is 12.7. The van der Waals surface area contributed by atoms with Crippen LogP contribution in [0.25, 0.3) is 0 Å². The standard InChI is InChI=1S/C18H25N3O2S/c1-13(2)12-16(22)20-18(24)19-15-9-5-4-8-14(15)17(23)21-10-6-3-7-11-21/h4-5,8-9,13H,3,6-7,10-12H2,1-2H3,(H2,19,20,22,24). The third kappa shape index (κ3) is 5.30. The van der Waals surface area contributed by atoms with Crippen molar-refractivity contribution in [3.63, 3.8) is 0 Å². The summed E-state index contributed by atoms with van der Waals surface area (Å²) in [5, 5.41) is 5.87. The number of amides is 2. The zero-order valence-electron chi connectivity index (χ0n) is 14.3. The van der Waals surface area contributed by atoms with Crippen molar-refractivity contribution in [3.8, 4) is 0 Å². The summed E-state index contributed by atoms with van der Waals surface area (Å²) in [6.45, 7) is 5.54. The van der Waals surface area contributed by atoms with Gasteiger partial charge in [0.1, 0.15) is 0 Å². The van der Waals surface area contributed by atoms with E-state index in [9.17, 15) is 9.59 Å². The van der Waals surface area contributed by atoms with Crippen molar-refractivity contribution in [3.05, 3.63) is 29.8 Å². The Morgan fingerprint density at radius 3 is 2.50 bits per heavy atom. The molecule has 1 aromatic rings. The lowest BCUT2D eigenvalue weighted by Gasteiger charge is -2.27. The molecule has 0 unspecified atom stereocenters. The van der Waals surface area contributed by atoms with Gasteiger partial charge in [-0.2, -0.15) is 0 Å². The van der Waals surface area contributed by atoms with Gasteiger partial charge in [-0.05, 0) is 49.5 Å². The Kier molecular flexibility index (Phi) is 6.73. The Morgan fingerprint density at radius 1 is 1.17 bits per heavy atom. The number of carbonyl (C=O) groups excluding carboxylic acids is 2. The second kappa shape index (κ2) is 8.78. The number of rotatable bonds is 4. The summed E-state index contributed by atoms with van der Waals surface area (Å²) in [5.41, 5.74) is 1.21. The van der Waals surface area contributed by atoms with Gasteiger partial charge >= 0.3 is 0 Å². The molecule has 0 aromatic heterocycles. The van der Waals surface area contributed by atoms with Crippen LogP contribution in [0.15, 0.2) is 24.3 Å². The van der Waals surface area contributed by atoms with E-state index in [1.165, 1.54) is 6.42 Å². The fourth-order valence-corrected chi connectivity index (χ4v) is 2.97. The molecular weight excluding hydrogens is 322 g/mol. The molecule has 2 rings (SSSR count). The van der Waals surface area contributed by atoms with Crippen molar-refractivity contribution >= 4 is 34.8 Å². The number of benzene rings is 1. The van der Waals surface area contributed by atoms with Crippen LogP contribution in [0.4, 0.5) is 5.69 Å². The maximum Gasteiger partial charge on any atom is 0.255 e. The number of hydrogen-bond donors (Lipinski definition) is 2. The predicted molar refractivity (Wildman–Crippen MR) is 100 cm³/mol. The molecular formula is C18H25N3O2S. The normalized spacial score (nSPS) is 14.4. The number of nitrogens with one attached hydrogen (secondary N) is 2. The van der Waals surface area contributed by atoms with Crippen LogP contribution in [0.5, 0.6) is 0 Å². The van der Waals surface area contributed by atoms with Crippen LogP contribution in [-0.4, -0.2) is 34.9 Å². The molecule has 1 aromatic carbocycles. The van der Waals surface area contributed by atoms with Gasteiger partial charge in [-0.25, -0.2) is 0 Å². The molecule has 130 valence electrons. The van der Waals surface area contributed by atoms with E-state index in [1.807, 2.05) is 30.9 Å². The molecule has 2 amide bonds. The smallest absolute Gasteiger partial charge is 0.255 e. The molecule has 1 fully saturated rings. The highest BCUT2D eigenvalue weighted by atomic mass is 32.1. The van der Waals surface area contributed by atoms with Gasteiger partial charge in [-0.3, -0.25) is 9.59 Å². The number of hydrogen-bond acceptors (Lipinski definition) is 3. The summed E-state index contributed by atoms with van der Waals surface area (Å²) in [6.07, 6.45) is 3.68. The molecule has 0 atom stereocenters. The second-order valence-electron chi connectivity index (χ2n) is 6.50. The molecule has 24 heavy (non-hydrogen) atoms. The van der Waals surface area contributed by atoms with Gasteiger partial charge in [0.25, 0.3) is 5.91 Å². The first-order chi connectivity index (χ1) is 11.5. The first-order valence-corrected chi connectivity index (χ1v) is 8.87. The van der Waals surface area contributed by atoms with E-state index in [-0.39, 0.29) is 22.8 Å². The van der Waals surface area contributed by atoms with E-state index in [4.69, 9.17) is 12.2 Å². The minimum atomic E-state index is -0.123. The number of likely N-dealkylation sites (tertiary alicyclic amines) is 1. The summed E-state index contributed by atoms with van der Waals surface area (Å²) in [7, 11) is 0. The number of nitrogens with zero attached hydrogens (tertiary/aromatic N) is 1. The summed E-state index contributed by atoms with van der Waals surface area (Å²) in [4.78, 5) is 26.4. The monoisotopic (exact) mass is 347 g/mol. The summed E-state index contributed by atoms with van der Waals surface area (Å²) in [5.74, 6) is 0.150. The SMILES string of the molecule is CC(C)CC(=O)NC(=S)Nc1ccccc1C(=O)N1CCCCC1. The molecule has 1 saturated heterocycles. The van der Waals surface area contributed by atoms with Crippen molar-refractivity contribution < 1.29 is 9.59 Å². The highest BCUT2D eigenvalue weighted by molar-refractivity contribution is 7.80. The van der Waals surface area contributed by atoms with Crippen LogP contribution in [-0.2, 0) is 4.79 Å². The predicted octanol–water partition coefficient (Wildman–Crippen LogP) is 3.17. The van der Waals surface area contributed by atoms with Crippen molar-refractivity contribution in [1.29, 1.82) is 0 Å². The fourth-order valence-electron chi connectivity index (χ4n) is 2.75. The van der Waals surface area contributed by atoms with Gasteiger partial charge in [-0.1, -0.05) is 26.0 Å². The highest BCUT2D eigenvalue weighted by Crippen LogP contribution is 2.20. The third-order valence-electron chi connectivity index (χ3n) is 3.90. The minimum absolute atomic E-state index is 0.00843. The molecule has 0 spiro atoms. The fraction of sp³-hybridized carbons (Fsp3) is 0.500. The highest BCUT2D eigenvalue weighted by Gasteiger charge is 2.21. The summed E-state index contributed by atoms with van der Waals surface area (Å²) in [6, 6.07) is 7.27. The quantitative estimate of drug-likeness (QED) is 0.821.